The number of hydrogen-bond acceptors (Lipinski definition) is 1. The molecule has 2 unspecified atom stereocenters. The van der Waals surface area contributed by atoms with Gasteiger partial charge in [-0.05, 0) is 25.2 Å². The molecule has 0 rings (SSSR count). The van der Waals surface area contributed by atoms with Crippen LogP contribution in [-0.2, 0) is 0 Å². The van der Waals surface area contributed by atoms with Crippen molar-refractivity contribution >= 4 is 0 Å². The highest BCUT2D eigenvalue weighted by Crippen LogP contribution is 2.20. The summed E-state index contributed by atoms with van der Waals surface area (Å²) in [5.74, 6) is 0. The molecule has 0 aromatic heterocycles. The Kier molecular flexibility index (Phi) is 6.43. The fourth-order valence-corrected chi connectivity index (χ4v) is 1.46. The Hall–Kier alpha value is -0.0400. The van der Waals surface area contributed by atoms with E-state index in [0.717, 1.165) is 0 Å². The third-order valence-electron chi connectivity index (χ3n) is 3.18. The van der Waals surface area contributed by atoms with Gasteiger partial charge in [-0.15, -0.1) is 0 Å². The lowest BCUT2D eigenvalue weighted by molar-refractivity contribution is 0.253. The lowest BCUT2D eigenvalue weighted by Gasteiger charge is -2.32. The minimum absolute atomic E-state index is 0.375. The zero-order valence-corrected chi connectivity index (χ0v) is 11.0. The number of nitrogens with one attached hydrogen (secondary N) is 1. The van der Waals surface area contributed by atoms with Crippen LogP contribution < -0.4 is 5.32 Å². The zero-order valence-electron chi connectivity index (χ0n) is 11.0. The summed E-state index contributed by atoms with van der Waals surface area (Å²) < 4.78 is 0. The molecule has 0 saturated heterocycles. The molecule has 0 heterocycles. The zero-order chi connectivity index (χ0) is 11.2. The minimum Gasteiger partial charge on any atom is -0.311 e. The molecule has 0 aliphatic rings. The number of rotatable bonds is 6. The van der Waals surface area contributed by atoms with Crippen LogP contribution in [-0.4, -0.2) is 12.1 Å². The van der Waals surface area contributed by atoms with E-state index in [-0.39, 0.29) is 0 Å². The van der Waals surface area contributed by atoms with Crippen molar-refractivity contribution in [1.29, 1.82) is 0 Å². The summed E-state index contributed by atoms with van der Waals surface area (Å²) in [5.41, 5.74) is 0.375. The fourth-order valence-electron chi connectivity index (χ4n) is 1.46. The predicted octanol–water partition coefficient (Wildman–Crippen LogP) is 3.98. The van der Waals surface area contributed by atoms with Crippen LogP contribution in [0.1, 0.15) is 67.2 Å². The van der Waals surface area contributed by atoms with Crippen LogP contribution >= 0.6 is 0 Å². The van der Waals surface area contributed by atoms with E-state index in [9.17, 15) is 0 Å². The topological polar surface area (TPSA) is 12.0 Å². The highest BCUT2D eigenvalue weighted by molar-refractivity contribution is 4.79. The van der Waals surface area contributed by atoms with Crippen LogP contribution in [0.25, 0.3) is 0 Å². The van der Waals surface area contributed by atoms with Gasteiger partial charge in [0.1, 0.15) is 0 Å². The maximum absolute atomic E-state index is 3.74. The molecular weight excluding hydrogens is 170 g/mol. The molecule has 0 aromatic rings. The molecule has 0 saturated carbocycles. The predicted molar refractivity (Wildman–Crippen MR) is 65.7 cm³/mol. The SMILES string of the molecule is CCCCC(CC)NC(C)C(C)(C)C. The maximum atomic E-state index is 3.74. The van der Waals surface area contributed by atoms with Crippen LogP contribution in [0.4, 0.5) is 0 Å². The molecule has 1 N–H and O–H groups in total. The third-order valence-corrected chi connectivity index (χ3v) is 3.18. The first-order chi connectivity index (χ1) is 6.41. The Labute approximate surface area is 90.7 Å². The van der Waals surface area contributed by atoms with Gasteiger partial charge in [0.05, 0.1) is 0 Å². The first-order valence-corrected chi connectivity index (χ1v) is 6.17. The highest BCUT2D eigenvalue weighted by Gasteiger charge is 2.21. The summed E-state index contributed by atoms with van der Waals surface area (Å²) in [6.07, 6.45) is 5.23. The van der Waals surface area contributed by atoms with E-state index in [2.05, 4.69) is 46.9 Å². The van der Waals surface area contributed by atoms with Crippen molar-refractivity contribution in [3.63, 3.8) is 0 Å². The van der Waals surface area contributed by atoms with Crippen molar-refractivity contribution < 1.29 is 0 Å². The minimum atomic E-state index is 0.375. The molecule has 0 aliphatic carbocycles. The second-order valence-electron chi connectivity index (χ2n) is 5.50. The molecule has 1 heteroatoms. The van der Waals surface area contributed by atoms with Gasteiger partial charge in [0.15, 0.2) is 0 Å². The number of hydrogen-bond donors (Lipinski definition) is 1. The average molecular weight is 199 g/mol. The van der Waals surface area contributed by atoms with E-state index in [1.54, 1.807) is 0 Å². The molecule has 14 heavy (non-hydrogen) atoms. The van der Waals surface area contributed by atoms with Crippen molar-refractivity contribution in [2.24, 2.45) is 5.41 Å². The molecule has 0 spiro atoms. The molecule has 0 radical (unpaired) electrons. The molecule has 0 aliphatic heterocycles. The third kappa shape index (κ3) is 5.64. The van der Waals surface area contributed by atoms with Gasteiger partial charge in [-0.2, -0.15) is 0 Å². The maximum Gasteiger partial charge on any atom is 0.00898 e. The summed E-state index contributed by atoms with van der Waals surface area (Å²) >= 11 is 0. The normalized spacial score (nSPS) is 16.7. The molecule has 0 amide bonds. The van der Waals surface area contributed by atoms with Crippen LogP contribution in [0.5, 0.6) is 0 Å². The van der Waals surface area contributed by atoms with Crippen LogP contribution in [0.15, 0.2) is 0 Å². The van der Waals surface area contributed by atoms with Gasteiger partial charge < -0.3 is 5.32 Å². The lowest BCUT2D eigenvalue weighted by atomic mass is 9.87. The van der Waals surface area contributed by atoms with Crippen molar-refractivity contribution in [3.05, 3.63) is 0 Å². The van der Waals surface area contributed by atoms with Gasteiger partial charge in [0, 0.05) is 12.1 Å². The average Bonchev–Trinajstić information content (AvgIpc) is 2.10. The Bertz CT molecular complexity index is 135. The molecule has 0 aromatic carbocycles. The lowest BCUT2D eigenvalue weighted by Crippen LogP contribution is -2.43. The summed E-state index contributed by atoms with van der Waals surface area (Å²) in [6, 6.07) is 1.31. The van der Waals surface area contributed by atoms with Crippen LogP contribution in [0.3, 0.4) is 0 Å². The summed E-state index contributed by atoms with van der Waals surface area (Å²) in [6.45, 7) is 13.8. The summed E-state index contributed by atoms with van der Waals surface area (Å²) in [5, 5.41) is 3.74. The van der Waals surface area contributed by atoms with Gasteiger partial charge in [0.2, 0.25) is 0 Å². The van der Waals surface area contributed by atoms with Crippen LogP contribution in [0.2, 0.25) is 0 Å². The molecule has 0 fully saturated rings. The monoisotopic (exact) mass is 199 g/mol. The Morgan fingerprint density at radius 1 is 1.14 bits per heavy atom. The molecule has 86 valence electrons. The van der Waals surface area contributed by atoms with Crippen LogP contribution in [0, 0.1) is 5.41 Å². The first-order valence-electron chi connectivity index (χ1n) is 6.17. The quantitative estimate of drug-likeness (QED) is 0.682. The van der Waals surface area contributed by atoms with Gasteiger partial charge in [-0.1, -0.05) is 47.5 Å². The Morgan fingerprint density at radius 2 is 1.71 bits per heavy atom. The van der Waals surface area contributed by atoms with E-state index in [0.29, 0.717) is 17.5 Å². The first kappa shape index (κ1) is 14.0. The van der Waals surface area contributed by atoms with Crippen molar-refractivity contribution in [2.75, 3.05) is 0 Å². The van der Waals surface area contributed by atoms with Crippen molar-refractivity contribution in [1.82, 2.24) is 5.32 Å². The van der Waals surface area contributed by atoms with E-state index >= 15 is 0 Å². The number of unbranched alkanes of at least 4 members (excludes halogenated alkanes) is 1. The van der Waals surface area contributed by atoms with E-state index in [1.165, 1.54) is 25.7 Å². The fraction of sp³-hybridized carbons (Fsp3) is 1.00. The second-order valence-corrected chi connectivity index (χ2v) is 5.50. The molecule has 0 bridgehead atoms. The van der Waals surface area contributed by atoms with Gasteiger partial charge in [-0.3, -0.25) is 0 Å². The molecule has 1 nitrogen and oxygen atoms in total. The molecular formula is C13H29N. The van der Waals surface area contributed by atoms with E-state index in [1.807, 2.05) is 0 Å². The largest absolute Gasteiger partial charge is 0.311 e. The van der Waals surface area contributed by atoms with Gasteiger partial charge >= 0.3 is 0 Å². The smallest absolute Gasteiger partial charge is 0.00898 e. The standard InChI is InChI=1S/C13H29N/c1-7-9-10-12(8-2)14-11(3)13(4,5)6/h11-12,14H,7-10H2,1-6H3. The Balaban J connectivity index is 3.92. The summed E-state index contributed by atoms with van der Waals surface area (Å²) in [4.78, 5) is 0. The summed E-state index contributed by atoms with van der Waals surface area (Å²) in [7, 11) is 0. The van der Waals surface area contributed by atoms with E-state index < -0.39 is 0 Å². The Morgan fingerprint density at radius 3 is 2.07 bits per heavy atom. The molecule has 2 atom stereocenters. The van der Waals surface area contributed by atoms with Gasteiger partial charge in [0.25, 0.3) is 0 Å². The second kappa shape index (κ2) is 6.44. The highest BCUT2D eigenvalue weighted by atomic mass is 15.0. The van der Waals surface area contributed by atoms with Crippen molar-refractivity contribution in [2.45, 2.75) is 79.3 Å². The van der Waals surface area contributed by atoms with Gasteiger partial charge in [-0.25, -0.2) is 0 Å². The van der Waals surface area contributed by atoms with Crippen molar-refractivity contribution in [3.8, 4) is 0 Å². The van der Waals surface area contributed by atoms with E-state index in [4.69, 9.17) is 0 Å².